The molecule has 23 heavy (non-hydrogen) atoms. The lowest BCUT2D eigenvalue weighted by molar-refractivity contribution is 0.409. The lowest BCUT2D eigenvalue weighted by Gasteiger charge is -2.12. The average molecular weight is 377 g/mol. The molecule has 1 heterocycles. The van der Waals surface area contributed by atoms with Crippen LogP contribution < -0.4 is 15.4 Å². The van der Waals surface area contributed by atoms with E-state index in [-0.39, 0.29) is 0 Å². The van der Waals surface area contributed by atoms with E-state index in [0.29, 0.717) is 13.1 Å². The first-order chi connectivity index (χ1) is 11.2. The normalized spacial score (nSPS) is 11.2. The number of aliphatic imine (C=N–C) groups is 1. The number of nitrogens with one attached hydrogen (secondary N) is 2. The molecular weight excluding hydrogens is 356 g/mol. The largest absolute Gasteiger partial charge is 0.496 e. The van der Waals surface area contributed by atoms with E-state index in [4.69, 9.17) is 4.74 Å². The Balaban J connectivity index is 2.05. The van der Waals surface area contributed by atoms with Crippen molar-refractivity contribution in [1.82, 2.24) is 15.6 Å². The number of halogens is 1. The molecule has 0 saturated heterocycles. The number of hydrogen-bond acceptors (Lipinski definition) is 3. The monoisotopic (exact) mass is 376 g/mol. The molecule has 0 aliphatic heterocycles. The molecule has 0 fully saturated rings. The highest BCUT2D eigenvalue weighted by atomic mass is 79.9. The number of pyridine rings is 1. The molecular formula is C17H21BrN4O. The van der Waals surface area contributed by atoms with Gasteiger partial charge in [0.05, 0.1) is 25.9 Å². The van der Waals surface area contributed by atoms with Gasteiger partial charge in [-0.25, -0.2) is 4.99 Å². The van der Waals surface area contributed by atoms with Gasteiger partial charge < -0.3 is 15.4 Å². The lowest BCUT2D eigenvalue weighted by Crippen LogP contribution is -2.37. The van der Waals surface area contributed by atoms with Crippen LogP contribution in [0.25, 0.3) is 0 Å². The topological polar surface area (TPSA) is 58.5 Å². The summed E-state index contributed by atoms with van der Waals surface area (Å²) in [7, 11) is 1.67. The molecule has 1 aromatic carbocycles. The maximum Gasteiger partial charge on any atom is 0.191 e. The maximum atomic E-state index is 5.38. The van der Waals surface area contributed by atoms with Crippen LogP contribution >= 0.6 is 15.9 Å². The third-order valence-electron chi connectivity index (χ3n) is 3.16. The van der Waals surface area contributed by atoms with Crippen molar-refractivity contribution in [2.45, 2.75) is 20.0 Å². The second-order valence-corrected chi connectivity index (χ2v) is 5.74. The Morgan fingerprint density at radius 1 is 1.26 bits per heavy atom. The van der Waals surface area contributed by atoms with Crippen molar-refractivity contribution in [1.29, 1.82) is 0 Å². The first-order valence-corrected chi connectivity index (χ1v) is 8.26. The molecule has 0 spiro atoms. The summed E-state index contributed by atoms with van der Waals surface area (Å²) in [4.78, 5) is 8.91. The van der Waals surface area contributed by atoms with Gasteiger partial charge in [0.2, 0.25) is 0 Å². The molecule has 0 aliphatic rings. The standard InChI is InChI=1S/C17H21BrN4O/c1-3-19-17(22-12-15-6-4-5-9-20-15)21-11-13-10-14(18)7-8-16(13)23-2/h4-10H,3,11-12H2,1-2H3,(H2,19,21,22). The first kappa shape index (κ1) is 17.3. The molecule has 2 aromatic rings. The minimum absolute atomic E-state index is 0.528. The van der Waals surface area contributed by atoms with Crippen molar-refractivity contribution in [2.24, 2.45) is 4.99 Å². The number of aromatic nitrogens is 1. The Hall–Kier alpha value is -2.08. The van der Waals surface area contributed by atoms with Crippen molar-refractivity contribution >= 4 is 21.9 Å². The summed E-state index contributed by atoms with van der Waals surface area (Å²) < 4.78 is 6.39. The van der Waals surface area contributed by atoms with Crippen molar-refractivity contribution in [3.8, 4) is 5.75 Å². The van der Waals surface area contributed by atoms with Gasteiger partial charge in [0, 0.05) is 22.8 Å². The van der Waals surface area contributed by atoms with Crippen molar-refractivity contribution < 1.29 is 4.74 Å². The molecule has 0 atom stereocenters. The zero-order valence-electron chi connectivity index (χ0n) is 13.3. The Morgan fingerprint density at radius 3 is 2.83 bits per heavy atom. The molecule has 0 saturated carbocycles. The summed E-state index contributed by atoms with van der Waals surface area (Å²) in [5.41, 5.74) is 2.00. The van der Waals surface area contributed by atoms with Crippen molar-refractivity contribution in [2.75, 3.05) is 13.7 Å². The number of methoxy groups -OCH3 is 1. The second-order valence-electron chi connectivity index (χ2n) is 4.83. The highest BCUT2D eigenvalue weighted by Gasteiger charge is 2.04. The fourth-order valence-electron chi connectivity index (χ4n) is 2.05. The summed E-state index contributed by atoms with van der Waals surface area (Å²) in [6.07, 6.45) is 1.79. The van der Waals surface area contributed by atoms with Crippen molar-refractivity contribution in [3.63, 3.8) is 0 Å². The quantitative estimate of drug-likeness (QED) is 0.600. The average Bonchev–Trinajstić information content (AvgIpc) is 2.58. The number of ether oxygens (including phenoxy) is 1. The Kier molecular flexibility index (Phi) is 6.87. The molecule has 0 radical (unpaired) electrons. The van der Waals surface area contributed by atoms with E-state index in [1.165, 1.54) is 0 Å². The van der Waals surface area contributed by atoms with E-state index in [0.717, 1.165) is 34.0 Å². The van der Waals surface area contributed by atoms with Gasteiger partial charge in [-0.05, 0) is 37.3 Å². The second kappa shape index (κ2) is 9.15. The third-order valence-corrected chi connectivity index (χ3v) is 3.65. The summed E-state index contributed by atoms with van der Waals surface area (Å²) in [6.45, 7) is 3.99. The highest BCUT2D eigenvalue weighted by Crippen LogP contribution is 2.23. The number of nitrogens with zero attached hydrogens (tertiary/aromatic N) is 2. The SMILES string of the molecule is CCNC(=NCc1cc(Br)ccc1OC)NCc1ccccn1. The van der Waals surface area contributed by atoms with Crippen LogP contribution in [0.5, 0.6) is 5.75 Å². The first-order valence-electron chi connectivity index (χ1n) is 7.47. The summed E-state index contributed by atoms with van der Waals surface area (Å²) in [6, 6.07) is 11.8. The molecule has 0 amide bonds. The molecule has 122 valence electrons. The third kappa shape index (κ3) is 5.56. The smallest absolute Gasteiger partial charge is 0.191 e. The number of guanidine groups is 1. The number of rotatable bonds is 6. The molecule has 6 heteroatoms. The van der Waals surface area contributed by atoms with Crippen LogP contribution in [-0.4, -0.2) is 24.6 Å². The predicted molar refractivity (Wildman–Crippen MR) is 96.6 cm³/mol. The van der Waals surface area contributed by atoms with E-state index in [1.54, 1.807) is 13.3 Å². The van der Waals surface area contributed by atoms with Gasteiger partial charge in [-0.2, -0.15) is 0 Å². The Bertz CT molecular complexity index is 646. The fraction of sp³-hybridized carbons (Fsp3) is 0.294. The number of hydrogen-bond donors (Lipinski definition) is 2. The van der Waals surface area contributed by atoms with Gasteiger partial charge >= 0.3 is 0 Å². The van der Waals surface area contributed by atoms with E-state index >= 15 is 0 Å². The fourth-order valence-corrected chi connectivity index (χ4v) is 2.46. The van der Waals surface area contributed by atoms with E-state index < -0.39 is 0 Å². The van der Waals surface area contributed by atoms with Crippen LogP contribution in [0.15, 0.2) is 52.1 Å². The van der Waals surface area contributed by atoms with E-state index in [2.05, 4.69) is 36.5 Å². The van der Waals surface area contributed by atoms with Gasteiger partial charge in [0.15, 0.2) is 5.96 Å². The minimum Gasteiger partial charge on any atom is -0.496 e. The highest BCUT2D eigenvalue weighted by molar-refractivity contribution is 9.10. The van der Waals surface area contributed by atoms with E-state index in [1.807, 2.05) is 43.3 Å². The zero-order chi connectivity index (χ0) is 16.5. The maximum absolute atomic E-state index is 5.38. The van der Waals surface area contributed by atoms with Crippen LogP contribution in [0.4, 0.5) is 0 Å². The molecule has 0 bridgehead atoms. The zero-order valence-corrected chi connectivity index (χ0v) is 14.9. The Morgan fingerprint density at radius 2 is 2.13 bits per heavy atom. The predicted octanol–water partition coefficient (Wildman–Crippen LogP) is 3.11. The van der Waals surface area contributed by atoms with Gasteiger partial charge in [-0.1, -0.05) is 22.0 Å². The Labute approximate surface area is 145 Å². The lowest BCUT2D eigenvalue weighted by atomic mass is 10.2. The minimum atomic E-state index is 0.528. The van der Waals surface area contributed by atoms with Crippen LogP contribution in [0, 0.1) is 0 Å². The molecule has 0 aliphatic carbocycles. The van der Waals surface area contributed by atoms with Crippen molar-refractivity contribution in [3.05, 3.63) is 58.3 Å². The summed E-state index contributed by atoms with van der Waals surface area (Å²) >= 11 is 3.48. The molecule has 2 N–H and O–H groups in total. The molecule has 0 unspecified atom stereocenters. The summed E-state index contributed by atoms with van der Waals surface area (Å²) in [5, 5.41) is 6.52. The molecule has 5 nitrogen and oxygen atoms in total. The number of benzene rings is 1. The van der Waals surface area contributed by atoms with Crippen LogP contribution in [0.2, 0.25) is 0 Å². The van der Waals surface area contributed by atoms with Gasteiger partial charge in [0.1, 0.15) is 5.75 Å². The van der Waals surface area contributed by atoms with Crippen LogP contribution in [-0.2, 0) is 13.1 Å². The van der Waals surface area contributed by atoms with Gasteiger partial charge in [0.25, 0.3) is 0 Å². The van der Waals surface area contributed by atoms with Crippen LogP contribution in [0.3, 0.4) is 0 Å². The molecule has 2 rings (SSSR count). The molecule has 1 aromatic heterocycles. The van der Waals surface area contributed by atoms with Crippen LogP contribution in [0.1, 0.15) is 18.2 Å². The van der Waals surface area contributed by atoms with Gasteiger partial charge in [-0.3, -0.25) is 4.98 Å². The summed E-state index contributed by atoms with van der Waals surface area (Å²) in [5.74, 6) is 1.58. The van der Waals surface area contributed by atoms with Gasteiger partial charge in [-0.15, -0.1) is 0 Å². The van der Waals surface area contributed by atoms with E-state index in [9.17, 15) is 0 Å².